The molecule has 50 heavy (non-hydrogen) atoms. The van der Waals surface area contributed by atoms with Crippen LogP contribution in [0.25, 0.3) is 0 Å². The van der Waals surface area contributed by atoms with Crippen molar-refractivity contribution in [3.05, 3.63) is 149 Å². The summed E-state index contributed by atoms with van der Waals surface area (Å²) in [6.45, 7) is -0.0254. The minimum atomic E-state index is -3.61. The van der Waals surface area contributed by atoms with Gasteiger partial charge in [0.25, 0.3) is 5.92 Å². The van der Waals surface area contributed by atoms with E-state index < -0.39 is 29.9 Å². The highest BCUT2D eigenvalue weighted by Crippen LogP contribution is 2.46. The minimum Gasteiger partial charge on any atom is -0.497 e. The van der Waals surface area contributed by atoms with Gasteiger partial charge >= 0.3 is 0 Å². The third kappa shape index (κ3) is 6.86. The molecule has 5 aromatic carbocycles. The second-order valence-electron chi connectivity index (χ2n) is 12.0. The second kappa shape index (κ2) is 14.4. The zero-order chi connectivity index (χ0) is 35.3. The first kappa shape index (κ1) is 34.1. The van der Waals surface area contributed by atoms with E-state index in [0.717, 1.165) is 17.2 Å². The SMILES string of the molecule is COc1ccc(C(c2ccccc2)N(C2=N[C@](C)(c3cc(Nc4ccc(C#N)cc4)ccc3F)C(F)(F)COC2)c2ccc(OC)cc2)cc1. The van der Waals surface area contributed by atoms with Gasteiger partial charge in [-0.3, -0.25) is 4.99 Å². The van der Waals surface area contributed by atoms with Crippen molar-refractivity contribution in [3.63, 3.8) is 0 Å². The highest BCUT2D eigenvalue weighted by molar-refractivity contribution is 6.00. The smallest absolute Gasteiger partial charge is 0.299 e. The molecule has 0 bridgehead atoms. The second-order valence-corrected chi connectivity index (χ2v) is 12.0. The van der Waals surface area contributed by atoms with E-state index in [9.17, 15) is 0 Å². The summed E-state index contributed by atoms with van der Waals surface area (Å²) in [5, 5.41) is 12.3. The molecule has 1 N–H and O–H groups in total. The van der Waals surface area contributed by atoms with Crippen molar-refractivity contribution >= 4 is 22.9 Å². The van der Waals surface area contributed by atoms with Crippen LogP contribution in [-0.2, 0) is 10.3 Å². The number of rotatable bonds is 9. The first-order chi connectivity index (χ1) is 24.2. The van der Waals surface area contributed by atoms with Crippen molar-refractivity contribution in [2.45, 2.75) is 24.4 Å². The fraction of sp³-hybridized carbons (Fsp3) is 0.200. The van der Waals surface area contributed by atoms with Crippen LogP contribution in [0.3, 0.4) is 0 Å². The van der Waals surface area contributed by atoms with Crippen LogP contribution in [0.2, 0.25) is 0 Å². The van der Waals surface area contributed by atoms with Gasteiger partial charge in [0, 0.05) is 22.6 Å². The molecule has 0 spiro atoms. The molecule has 0 aliphatic carbocycles. The van der Waals surface area contributed by atoms with Gasteiger partial charge in [-0.05, 0) is 96.9 Å². The molecule has 5 aromatic rings. The highest BCUT2D eigenvalue weighted by Gasteiger charge is 2.55. The molecule has 0 aromatic heterocycles. The average molecular weight is 677 g/mol. The topological polar surface area (TPSA) is 79.1 Å². The molecule has 0 fully saturated rings. The van der Waals surface area contributed by atoms with Gasteiger partial charge in [0.1, 0.15) is 36.4 Å². The molecular formula is C40H35F3N4O3. The van der Waals surface area contributed by atoms with Gasteiger partial charge in [-0.2, -0.15) is 5.26 Å². The Morgan fingerprint density at radius 2 is 1.42 bits per heavy atom. The van der Waals surface area contributed by atoms with Crippen LogP contribution in [-0.4, -0.2) is 39.2 Å². The van der Waals surface area contributed by atoms with Gasteiger partial charge in [-0.1, -0.05) is 42.5 Å². The summed E-state index contributed by atoms with van der Waals surface area (Å²) in [7, 11) is 3.15. The van der Waals surface area contributed by atoms with E-state index in [-0.39, 0.29) is 18.0 Å². The lowest BCUT2D eigenvalue weighted by molar-refractivity contribution is -0.116. The number of hydrogen-bond acceptors (Lipinski definition) is 7. The summed E-state index contributed by atoms with van der Waals surface area (Å²) >= 11 is 0. The third-order valence-electron chi connectivity index (χ3n) is 8.81. The Balaban J connectivity index is 1.54. The molecule has 1 unspecified atom stereocenters. The van der Waals surface area contributed by atoms with Crippen molar-refractivity contribution in [2.24, 2.45) is 4.99 Å². The molecule has 0 radical (unpaired) electrons. The number of anilines is 3. The van der Waals surface area contributed by atoms with Gasteiger partial charge < -0.3 is 24.4 Å². The quantitative estimate of drug-likeness (QED) is 0.168. The van der Waals surface area contributed by atoms with Crippen LogP contribution in [0.1, 0.15) is 35.2 Å². The van der Waals surface area contributed by atoms with Crippen molar-refractivity contribution in [3.8, 4) is 17.6 Å². The van der Waals surface area contributed by atoms with Crippen molar-refractivity contribution < 1.29 is 27.4 Å². The number of nitriles is 1. The Labute approximate surface area is 289 Å². The molecule has 1 aliphatic rings. The number of aliphatic imine (C=N–C) groups is 1. The zero-order valence-corrected chi connectivity index (χ0v) is 27.7. The van der Waals surface area contributed by atoms with Gasteiger partial charge in [-0.15, -0.1) is 0 Å². The Morgan fingerprint density at radius 1 is 0.820 bits per heavy atom. The number of methoxy groups -OCH3 is 2. The predicted molar refractivity (Wildman–Crippen MR) is 188 cm³/mol. The van der Waals surface area contributed by atoms with E-state index in [1.165, 1.54) is 19.1 Å². The summed E-state index contributed by atoms with van der Waals surface area (Å²) in [5.41, 5.74) is 1.05. The number of ether oxygens (including phenoxy) is 3. The lowest BCUT2D eigenvalue weighted by Gasteiger charge is -2.37. The Bertz CT molecular complexity index is 2000. The lowest BCUT2D eigenvalue weighted by atomic mass is 9.85. The summed E-state index contributed by atoms with van der Waals surface area (Å²) in [6.07, 6.45) is 0. The molecule has 2 atom stereocenters. The maximum atomic E-state index is 16.4. The van der Waals surface area contributed by atoms with E-state index >= 15 is 13.2 Å². The first-order valence-corrected chi connectivity index (χ1v) is 15.9. The number of alkyl halides is 2. The summed E-state index contributed by atoms with van der Waals surface area (Å²) in [6, 6.07) is 36.4. The molecule has 254 valence electrons. The number of amidine groups is 1. The molecule has 1 heterocycles. The maximum Gasteiger partial charge on any atom is 0.299 e. The highest BCUT2D eigenvalue weighted by atomic mass is 19.3. The fourth-order valence-corrected chi connectivity index (χ4v) is 6.04. The van der Waals surface area contributed by atoms with Crippen LogP contribution in [0.4, 0.5) is 30.2 Å². The largest absolute Gasteiger partial charge is 0.497 e. The van der Waals surface area contributed by atoms with Crippen LogP contribution in [0.15, 0.2) is 126 Å². The zero-order valence-electron chi connectivity index (χ0n) is 27.7. The van der Waals surface area contributed by atoms with E-state index in [2.05, 4.69) is 11.4 Å². The van der Waals surface area contributed by atoms with Gasteiger partial charge in [0.15, 0.2) is 5.54 Å². The van der Waals surface area contributed by atoms with Crippen molar-refractivity contribution in [2.75, 3.05) is 37.7 Å². The van der Waals surface area contributed by atoms with Crippen LogP contribution in [0, 0.1) is 17.1 Å². The molecular weight excluding hydrogens is 641 g/mol. The van der Waals surface area contributed by atoms with E-state index in [4.69, 9.17) is 24.5 Å². The predicted octanol–water partition coefficient (Wildman–Crippen LogP) is 9.03. The molecule has 0 saturated heterocycles. The molecule has 6 rings (SSSR count). The Hall–Kier alpha value is -5.79. The molecule has 7 nitrogen and oxygen atoms in total. The van der Waals surface area contributed by atoms with Crippen molar-refractivity contribution in [1.82, 2.24) is 0 Å². The average Bonchev–Trinajstić information content (AvgIpc) is 3.26. The van der Waals surface area contributed by atoms with Crippen LogP contribution < -0.4 is 19.7 Å². The molecule has 10 heteroatoms. The maximum absolute atomic E-state index is 16.4. The van der Waals surface area contributed by atoms with E-state index in [0.29, 0.717) is 34.1 Å². The molecule has 0 amide bonds. The normalized spacial score (nSPS) is 17.4. The summed E-state index contributed by atoms with van der Waals surface area (Å²) in [4.78, 5) is 6.65. The standard InChI is InChI=1S/C40H35F3N4O3/c1-39(35-23-31(15-22-36(35)41)45-30-13-9-27(24-44)10-14-30)40(42,43)26-50-25-37(46-39)47(32-16-20-34(49-3)21-17-32)38(28-7-5-4-6-8-28)29-11-18-33(48-2)19-12-29/h4-23,38,45H,25-26H2,1-3H3/t38?,39-/m1/s1. The Kier molecular flexibility index (Phi) is 9.79. The number of benzene rings is 5. The Morgan fingerprint density at radius 3 is 2.04 bits per heavy atom. The number of hydrogen-bond donors (Lipinski definition) is 1. The van der Waals surface area contributed by atoms with Crippen molar-refractivity contribution in [1.29, 1.82) is 5.26 Å². The van der Waals surface area contributed by atoms with Gasteiger partial charge in [-0.25, -0.2) is 13.2 Å². The number of halogens is 3. The number of nitrogens with zero attached hydrogens (tertiary/aromatic N) is 3. The monoisotopic (exact) mass is 676 g/mol. The fourth-order valence-electron chi connectivity index (χ4n) is 6.04. The summed E-state index contributed by atoms with van der Waals surface area (Å²) < 4.78 is 65.2. The van der Waals surface area contributed by atoms with E-state index in [1.807, 2.05) is 71.6 Å². The molecule has 0 saturated carbocycles. The third-order valence-corrected chi connectivity index (χ3v) is 8.81. The first-order valence-electron chi connectivity index (χ1n) is 15.9. The lowest BCUT2D eigenvalue weighted by Crippen LogP contribution is -2.45. The van der Waals surface area contributed by atoms with Gasteiger partial charge in [0.2, 0.25) is 0 Å². The van der Waals surface area contributed by atoms with E-state index in [1.54, 1.807) is 50.6 Å². The summed E-state index contributed by atoms with van der Waals surface area (Å²) in [5.74, 6) is -3.02. The van der Waals surface area contributed by atoms with Crippen LogP contribution in [0.5, 0.6) is 11.5 Å². The van der Waals surface area contributed by atoms with Gasteiger partial charge in [0.05, 0.1) is 31.9 Å². The van der Waals surface area contributed by atoms with Crippen LogP contribution >= 0.6 is 0 Å². The number of nitrogens with one attached hydrogen (secondary N) is 1. The molecule has 1 aliphatic heterocycles. The minimum absolute atomic E-state index is 0.171.